The lowest BCUT2D eigenvalue weighted by atomic mass is 9.59. The maximum atomic E-state index is 15.2. The Hall–Kier alpha value is -3.47. The monoisotopic (exact) mass is 669 g/mol. The van der Waals surface area contributed by atoms with Gasteiger partial charge in [0.1, 0.15) is 28.5 Å². The summed E-state index contributed by atoms with van der Waals surface area (Å²) in [6.45, 7) is 4.44. The van der Waals surface area contributed by atoms with Crippen molar-refractivity contribution in [2.24, 2.45) is 5.41 Å². The Morgan fingerprint density at radius 3 is 2.41 bits per heavy atom. The van der Waals surface area contributed by atoms with Crippen LogP contribution in [-0.4, -0.2) is 44.5 Å². The number of rotatable bonds is 11. The molecule has 3 aromatic heterocycles. The first-order chi connectivity index (χ1) is 22.1. The van der Waals surface area contributed by atoms with Gasteiger partial charge in [0.25, 0.3) is 0 Å². The third-order valence-corrected chi connectivity index (χ3v) is 10.2. The van der Waals surface area contributed by atoms with Gasteiger partial charge in [-0.2, -0.15) is 0 Å². The molecule has 242 valence electrons. The van der Waals surface area contributed by atoms with E-state index in [0.29, 0.717) is 51.6 Å². The SMILES string of the molecule is CC(C)Oc1cc(C(=O)O)nc2c(F)cc(OCC34CCC(OCc5c(-c6c(Cl)cncc6Cl)noc5C5CC5)(CC3)CC4)cc12. The van der Waals surface area contributed by atoms with Gasteiger partial charge in [0.05, 0.1) is 35.0 Å². The molecule has 46 heavy (non-hydrogen) atoms. The molecule has 0 saturated heterocycles. The van der Waals surface area contributed by atoms with Crippen molar-refractivity contribution in [3.63, 3.8) is 0 Å². The van der Waals surface area contributed by atoms with Gasteiger partial charge in [-0.25, -0.2) is 14.2 Å². The maximum Gasteiger partial charge on any atom is 0.354 e. The van der Waals surface area contributed by atoms with Crippen LogP contribution >= 0.6 is 23.2 Å². The molecular formula is C34H34Cl2FN3O6. The van der Waals surface area contributed by atoms with Crippen molar-refractivity contribution in [2.75, 3.05) is 6.61 Å². The standard InChI is InChI=1S/C34H34Cl2FN3O6/c1-18(2)45-27-13-26(32(41)42)39-29-21(27)11-20(12-25(29)37)43-17-33-5-8-34(9-6-33,10-7-33)44-16-22-30(40-46-31(22)19-3-4-19)28-23(35)14-38-15-24(28)36/h11-15,18-19H,3-10,16-17H2,1-2H3,(H,41,42). The quantitative estimate of drug-likeness (QED) is 0.167. The van der Waals surface area contributed by atoms with Gasteiger partial charge in [0.15, 0.2) is 11.5 Å². The van der Waals surface area contributed by atoms with Crippen molar-refractivity contribution >= 4 is 40.1 Å². The number of carboxylic acid groups (broad SMARTS) is 1. The zero-order valence-corrected chi connectivity index (χ0v) is 27.1. The molecule has 9 nitrogen and oxygen atoms in total. The van der Waals surface area contributed by atoms with E-state index in [-0.39, 0.29) is 34.1 Å². The fourth-order valence-corrected chi connectivity index (χ4v) is 7.40. The molecule has 0 spiro atoms. The molecule has 4 aliphatic carbocycles. The van der Waals surface area contributed by atoms with Crippen molar-refractivity contribution in [2.45, 2.75) is 89.4 Å². The van der Waals surface area contributed by atoms with Gasteiger partial charge in [0.2, 0.25) is 0 Å². The maximum absolute atomic E-state index is 15.2. The first kappa shape index (κ1) is 31.1. The van der Waals surface area contributed by atoms with Crippen LogP contribution in [0, 0.1) is 11.2 Å². The average Bonchev–Trinajstić information content (AvgIpc) is 3.79. The van der Waals surface area contributed by atoms with Crippen LogP contribution in [0.15, 0.2) is 35.1 Å². The lowest BCUT2D eigenvalue weighted by Gasteiger charge is -2.52. The first-order valence-electron chi connectivity index (χ1n) is 15.6. The number of hydrogen-bond donors (Lipinski definition) is 1. The molecule has 2 bridgehead atoms. The molecule has 4 aliphatic rings. The molecule has 12 heteroatoms. The van der Waals surface area contributed by atoms with Crippen LogP contribution in [-0.2, 0) is 11.3 Å². The van der Waals surface area contributed by atoms with Crippen LogP contribution in [0.5, 0.6) is 11.5 Å². The Labute approximate surface area is 275 Å². The van der Waals surface area contributed by atoms with E-state index in [2.05, 4.69) is 15.1 Å². The summed E-state index contributed by atoms with van der Waals surface area (Å²) in [5.41, 5.74) is 1.49. The smallest absolute Gasteiger partial charge is 0.354 e. The van der Waals surface area contributed by atoms with E-state index in [0.717, 1.165) is 62.7 Å². The van der Waals surface area contributed by atoms with Crippen molar-refractivity contribution in [1.29, 1.82) is 0 Å². The minimum atomic E-state index is -1.25. The second-order valence-corrected chi connectivity index (χ2v) is 14.0. The van der Waals surface area contributed by atoms with Gasteiger partial charge in [0, 0.05) is 52.4 Å². The van der Waals surface area contributed by atoms with Crippen molar-refractivity contribution in [3.05, 3.63) is 63.5 Å². The van der Waals surface area contributed by atoms with Crippen LogP contribution in [0.3, 0.4) is 0 Å². The van der Waals surface area contributed by atoms with E-state index < -0.39 is 11.8 Å². The Kier molecular flexibility index (Phi) is 8.10. The van der Waals surface area contributed by atoms with E-state index in [1.165, 1.54) is 12.1 Å². The van der Waals surface area contributed by atoms with Crippen LogP contribution in [0.25, 0.3) is 22.2 Å². The molecular weight excluding hydrogens is 636 g/mol. The normalized spacial score (nSPS) is 22.5. The highest BCUT2D eigenvalue weighted by atomic mass is 35.5. The minimum absolute atomic E-state index is 0.0428. The molecule has 1 aromatic carbocycles. The van der Waals surface area contributed by atoms with Crippen molar-refractivity contribution < 1.29 is 33.0 Å². The molecule has 4 aromatic rings. The Morgan fingerprint density at radius 2 is 1.78 bits per heavy atom. The number of benzene rings is 1. The molecule has 4 fully saturated rings. The molecule has 4 saturated carbocycles. The predicted octanol–water partition coefficient (Wildman–Crippen LogP) is 8.78. The highest BCUT2D eigenvalue weighted by molar-refractivity contribution is 6.38. The zero-order chi connectivity index (χ0) is 32.2. The number of halogens is 3. The predicted molar refractivity (Wildman–Crippen MR) is 169 cm³/mol. The van der Waals surface area contributed by atoms with E-state index in [1.807, 2.05) is 13.8 Å². The summed E-state index contributed by atoms with van der Waals surface area (Å²) < 4.78 is 39.9. The van der Waals surface area contributed by atoms with Gasteiger partial charge >= 0.3 is 5.97 Å². The van der Waals surface area contributed by atoms with Gasteiger partial charge in [-0.15, -0.1) is 0 Å². The van der Waals surface area contributed by atoms with Gasteiger partial charge in [-0.1, -0.05) is 28.4 Å². The number of aromatic nitrogens is 3. The number of aromatic carboxylic acids is 1. The Morgan fingerprint density at radius 1 is 1.09 bits per heavy atom. The van der Waals surface area contributed by atoms with Crippen LogP contribution in [0.1, 0.15) is 92.9 Å². The molecule has 8 rings (SSSR count). The Balaban J connectivity index is 1.05. The summed E-state index contributed by atoms with van der Waals surface area (Å²) in [7, 11) is 0. The van der Waals surface area contributed by atoms with Crippen LogP contribution in [0.4, 0.5) is 4.39 Å². The van der Waals surface area contributed by atoms with E-state index in [1.54, 1.807) is 18.5 Å². The summed E-state index contributed by atoms with van der Waals surface area (Å²) in [5.74, 6) is -0.110. The topological polar surface area (TPSA) is 117 Å². The molecule has 0 aliphatic heterocycles. The number of fused-ring (bicyclic) bond motifs is 4. The van der Waals surface area contributed by atoms with Crippen molar-refractivity contribution in [1.82, 2.24) is 15.1 Å². The minimum Gasteiger partial charge on any atom is -0.493 e. The van der Waals surface area contributed by atoms with Crippen molar-refractivity contribution in [3.8, 4) is 22.8 Å². The van der Waals surface area contributed by atoms with E-state index in [4.69, 9.17) is 41.9 Å². The zero-order valence-electron chi connectivity index (χ0n) is 25.6. The largest absolute Gasteiger partial charge is 0.493 e. The molecule has 3 heterocycles. The Bertz CT molecular complexity index is 1780. The highest BCUT2D eigenvalue weighted by Gasteiger charge is 2.50. The number of carbonyl (C=O) groups is 1. The van der Waals surface area contributed by atoms with E-state index >= 15 is 4.39 Å². The summed E-state index contributed by atoms with van der Waals surface area (Å²) in [4.78, 5) is 19.7. The molecule has 1 N–H and O–H groups in total. The summed E-state index contributed by atoms with van der Waals surface area (Å²) >= 11 is 13.0. The highest BCUT2D eigenvalue weighted by Crippen LogP contribution is 2.55. The lowest BCUT2D eigenvalue weighted by molar-refractivity contribution is -0.150. The number of nitrogens with zero attached hydrogens (tertiary/aromatic N) is 3. The third kappa shape index (κ3) is 5.91. The number of pyridine rings is 2. The lowest BCUT2D eigenvalue weighted by Crippen LogP contribution is -2.49. The van der Waals surface area contributed by atoms with Gasteiger partial charge in [-0.05, 0) is 71.3 Å². The summed E-state index contributed by atoms with van der Waals surface area (Å²) in [5, 5.41) is 15.0. The van der Waals surface area contributed by atoms with Gasteiger partial charge < -0.3 is 23.8 Å². The average molecular weight is 671 g/mol. The molecule has 0 amide bonds. The van der Waals surface area contributed by atoms with Crippen LogP contribution in [0.2, 0.25) is 10.0 Å². The number of ether oxygens (including phenoxy) is 3. The van der Waals surface area contributed by atoms with E-state index in [9.17, 15) is 9.90 Å². The fourth-order valence-electron chi connectivity index (χ4n) is 6.86. The number of carboxylic acids is 1. The summed E-state index contributed by atoms with van der Waals surface area (Å²) in [6, 6.07) is 4.27. The fraction of sp³-hybridized carbons (Fsp3) is 0.471. The molecule has 0 atom stereocenters. The first-order valence-corrected chi connectivity index (χ1v) is 16.4. The molecule has 0 unspecified atom stereocenters. The van der Waals surface area contributed by atoms with Gasteiger partial charge in [-0.3, -0.25) is 4.98 Å². The number of hydrogen-bond acceptors (Lipinski definition) is 8. The second-order valence-electron chi connectivity index (χ2n) is 13.2. The van der Waals surface area contributed by atoms with Crippen LogP contribution < -0.4 is 9.47 Å². The third-order valence-electron chi connectivity index (χ3n) is 9.64. The second kappa shape index (κ2) is 12.0. The molecule has 0 radical (unpaired) electrons. The summed E-state index contributed by atoms with van der Waals surface area (Å²) in [6.07, 6.45) is 10.4.